The van der Waals surface area contributed by atoms with E-state index >= 15 is 0 Å². The summed E-state index contributed by atoms with van der Waals surface area (Å²) in [5.41, 5.74) is 2.96. The summed E-state index contributed by atoms with van der Waals surface area (Å²) in [6.07, 6.45) is 3.55. The molecule has 0 fully saturated rings. The third kappa shape index (κ3) is 5.62. The van der Waals surface area contributed by atoms with Crippen molar-refractivity contribution in [2.24, 2.45) is 0 Å². The molecule has 3 aromatic rings. The molecule has 0 unspecified atom stereocenters. The third-order valence-electron chi connectivity index (χ3n) is 4.06. The number of pyridine rings is 1. The van der Waals surface area contributed by atoms with E-state index in [0.717, 1.165) is 29.2 Å². The van der Waals surface area contributed by atoms with Gasteiger partial charge in [0.05, 0.1) is 11.9 Å². The summed E-state index contributed by atoms with van der Waals surface area (Å²) in [6.45, 7) is 4.76. The lowest BCUT2D eigenvalue weighted by Crippen LogP contribution is -2.24. The molecule has 0 saturated heterocycles. The Morgan fingerprint density at radius 2 is 1.96 bits per heavy atom. The maximum Gasteiger partial charge on any atom is 0.263 e. The van der Waals surface area contributed by atoms with Crippen molar-refractivity contribution in [1.82, 2.24) is 15.3 Å². The van der Waals surface area contributed by atoms with Crippen LogP contribution < -0.4 is 10.1 Å². The zero-order chi connectivity index (χ0) is 19.1. The van der Waals surface area contributed by atoms with E-state index in [0.29, 0.717) is 23.8 Å². The molecule has 1 amide bonds. The number of benzene rings is 1. The smallest absolute Gasteiger partial charge is 0.263 e. The normalized spacial score (nSPS) is 10.6. The van der Waals surface area contributed by atoms with Crippen LogP contribution in [0, 0.1) is 13.8 Å². The van der Waals surface area contributed by atoms with Crippen LogP contribution in [0.4, 0.5) is 0 Å². The Bertz CT molecular complexity index is 876. The Hall–Kier alpha value is -2.73. The number of nitrogens with zero attached hydrogens (tertiary/aromatic N) is 2. The first-order valence-electron chi connectivity index (χ1n) is 8.95. The molecule has 5 nitrogen and oxygen atoms in total. The third-order valence-corrected chi connectivity index (χ3v) is 5.19. The lowest BCUT2D eigenvalue weighted by atomic mass is 10.1. The van der Waals surface area contributed by atoms with Crippen LogP contribution in [0.5, 0.6) is 5.75 Å². The average Bonchev–Trinajstić information content (AvgIpc) is 3.06. The van der Waals surface area contributed by atoms with Crippen LogP contribution in [-0.4, -0.2) is 22.4 Å². The Kier molecular flexibility index (Phi) is 6.54. The molecule has 1 N–H and O–H groups in total. The molecule has 0 bridgehead atoms. The van der Waals surface area contributed by atoms with Gasteiger partial charge in [-0.15, -0.1) is 11.3 Å². The number of nitrogens with one attached hydrogen (secondary N) is 1. The molecule has 0 spiro atoms. The maximum absolute atomic E-state index is 12.4. The lowest BCUT2D eigenvalue weighted by Gasteiger charge is -2.04. The van der Waals surface area contributed by atoms with Crippen molar-refractivity contribution in [3.05, 3.63) is 75.5 Å². The number of hydrogen-bond donors (Lipinski definition) is 1. The SMILES string of the molecule is Cc1ccc(OCc2nc(C)c(C(=O)NCCCc3ccccc3)s2)cn1. The highest BCUT2D eigenvalue weighted by atomic mass is 32.1. The summed E-state index contributed by atoms with van der Waals surface area (Å²) >= 11 is 1.38. The van der Waals surface area contributed by atoms with Gasteiger partial charge in [-0.3, -0.25) is 9.78 Å². The van der Waals surface area contributed by atoms with Crippen molar-refractivity contribution in [2.75, 3.05) is 6.54 Å². The monoisotopic (exact) mass is 381 g/mol. The maximum atomic E-state index is 12.4. The molecular weight excluding hydrogens is 358 g/mol. The first-order valence-corrected chi connectivity index (χ1v) is 9.77. The molecule has 27 heavy (non-hydrogen) atoms. The number of aryl methyl sites for hydroxylation is 3. The summed E-state index contributed by atoms with van der Waals surface area (Å²) in [6, 6.07) is 14.1. The number of hydrogen-bond acceptors (Lipinski definition) is 5. The Morgan fingerprint density at radius 3 is 2.70 bits per heavy atom. The van der Waals surface area contributed by atoms with Crippen LogP contribution in [-0.2, 0) is 13.0 Å². The van der Waals surface area contributed by atoms with Gasteiger partial charge in [-0.2, -0.15) is 0 Å². The van der Waals surface area contributed by atoms with Crippen LogP contribution in [0.1, 0.15) is 38.1 Å². The quantitative estimate of drug-likeness (QED) is 0.597. The van der Waals surface area contributed by atoms with E-state index in [-0.39, 0.29) is 5.91 Å². The fourth-order valence-corrected chi connectivity index (χ4v) is 3.52. The molecule has 0 aliphatic carbocycles. The zero-order valence-electron chi connectivity index (χ0n) is 15.6. The number of carbonyl (C=O) groups is 1. The van der Waals surface area contributed by atoms with Crippen molar-refractivity contribution >= 4 is 17.2 Å². The number of amides is 1. The predicted octanol–water partition coefficient (Wildman–Crippen LogP) is 4.10. The highest BCUT2D eigenvalue weighted by molar-refractivity contribution is 7.13. The fraction of sp³-hybridized carbons (Fsp3) is 0.286. The Balaban J connectivity index is 1.47. The van der Waals surface area contributed by atoms with Crippen LogP contribution in [0.25, 0.3) is 0 Å². The van der Waals surface area contributed by atoms with Gasteiger partial charge in [0.2, 0.25) is 0 Å². The van der Waals surface area contributed by atoms with Gasteiger partial charge in [0.25, 0.3) is 5.91 Å². The molecule has 0 atom stereocenters. The van der Waals surface area contributed by atoms with E-state index in [4.69, 9.17) is 4.74 Å². The molecule has 2 heterocycles. The first kappa shape index (κ1) is 19.0. The van der Waals surface area contributed by atoms with Crippen molar-refractivity contribution in [3.8, 4) is 5.75 Å². The van der Waals surface area contributed by atoms with Crippen molar-refractivity contribution < 1.29 is 9.53 Å². The van der Waals surface area contributed by atoms with Crippen LogP contribution in [0.15, 0.2) is 48.7 Å². The molecule has 0 aliphatic rings. The Morgan fingerprint density at radius 1 is 1.15 bits per heavy atom. The van der Waals surface area contributed by atoms with Gasteiger partial charge in [-0.1, -0.05) is 30.3 Å². The van der Waals surface area contributed by atoms with Crippen LogP contribution >= 0.6 is 11.3 Å². The molecule has 1 aromatic carbocycles. The minimum absolute atomic E-state index is 0.0682. The number of carbonyl (C=O) groups excluding carboxylic acids is 1. The molecule has 3 rings (SSSR count). The van der Waals surface area contributed by atoms with E-state index in [1.165, 1.54) is 16.9 Å². The van der Waals surface area contributed by atoms with Gasteiger partial charge < -0.3 is 10.1 Å². The summed E-state index contributed by atoms with van der Waals surface area (Å²) in [4.78, 5) is 21.7. The number of rotatable bonds is 8. The molecule has 6 heteroatoms. The fourth-order valence-electron chi connectivity index (χ4n) is 2.63. The second kappa shape index (κ2) is 9.28. The van der Waals surface area contributed by atoms with E-state index in [1.54, 1.807) is 6.20 Å². The standard InChI is InChI=1S/C21H23N3O2S/c1-15-10-11-18(13-23-15)26-14-19-24-16(2)20(27-19)21(25)22-12-6-9-17-7-4-3-5-8-17/h3-5,7-8,10-11,13H,6,9,12,14H2,1-2H3,(H,22,25). The number of ether oxygens (including phenoxy) is 1. The second-order valence-electron chi connectivity index (χ2n) is 6.29. The predicted molar refractivity (Wildman–Crippen MR) is 107 cm³/mol. The van der Waals surface area contributed by atoms with Gasteiger partial charge in [0, 0.05) is 12.2 Å². The molecule has 0 radical (unpaired) electrons. The van der Waals surface area contributed by atoms with E-state index in [1.807, 2.05) is 44.2 Å². The second-order valence-corrected chi connectivity index (χ2v) is 7.37. The first-order chi connectivity index (χ1) is 13.1. The summed E-state index contributed by atoms with van der Waals surface area (Å²) in [7, 11) is 0. The number of thiazole rings is 1. The molecule has 140 valence electrons. The minimum atomic E-state index is -0.0682. The topological polar surface area (TPSA) is 64.1 Å². The van der Waals surface area contributed by atoms with E-state index in [2.05, 4.69) is 27.4 Å². The molecule has 0 aliphatic heterocycles. The Labute approximate surface area is 163 Å². The van der Waals surface area contributed by atoms with Gasteiger partial charge in [-0.05, 0) is 44.4 Å². The van der Waals surface area contributed by atoms with Crippen molar-refractivity contribution in [2.45, 2.75) is 33.3 Å². The van der Waals surface area contributed by atoms with Gasteiger partial charge in [0.15, 0.2) is 0 Å². The van der Waals surface area contributed by atoms with Crippen LogP contribution in [0.2, 0.25) is 0 Å². The van der Waals surface area contributed by atoms with Gasteiger partial charge in [0.1, 0.15) is 22.2 Å². The van der Waals surface area contributed by atoms with Gasteiger partial charge in [-0.25, -0.2) is 4.98 Å². The summed E-state index contributed by atoms with van der Waals surface area (Å²) in [5, 5.41) is 3.76. The molecule has 2 aromatic heterocycles. The molecule has 0 saturated carbocycles. The highest BCUT2D eigenvalue weighted by Crippen LogP contribution is 2.20. The van der Waals surface area contributed by atoms with Crippen LogP contribution in [0.3, 0.4) is 0 Å². The minimum Gasteiger partial charge on any atom is -0.485 e. The lowest BCUT2D eigenvalue weighted by molar-refractivity contribution is 0.0956. The van der Waals surface area contributed by atoms with Gasteiger partial charge >= 0.3 is 0 Å². The van der Waals surface area contributed by atoms with E-state index in [9.17, 15) is 4.79 Å². The summed E-state index contributed by atoms with van der Waals surface area (Å²) in [5.74, 6) is 0.627. The van der Waals surface area contributed by atoms with E-state index < -0.39 is 0 Å². The number of aromatic nitrogens is 2. The molecular formula is C21H23N3O2S. The highest BCUT2D eigenvalue weighted by Gasteiger charge is 2.15. The average molecular weight is 382 g/mol. The summed E-state index contributed by atoms with van der Waals surface area (Å²) < 4.78 is 5.70. The zero-order valence-corrected chi connectivity index (χ0v) is 16.4. The van der Waals surface area contributed by atoms with Crippen molar-refractivity contribution in [1.29, 1.82) is 0 Å². The van der Waals surface area contributed by atoms with Crippen molar-refractivity contribution in [3.63, 3.8) is 0 Å². The largest absolute Gasteiger partial charge is 0.485 e.